The molecule has 0 aliphatic heterocycles. The number of carbonyl (C=O) groups is 2. The standard InChI is InChI=1S/C19H18O4/c1-13(2)19(22)23-11-10-14-8-9-17(20)16(12-14)18(21)15-6-4-3-5-7-15/h3-9,12,20H,1,10-11H2,2H3. The van der Waals surface area contributed by atoms with E-state index < -0.39 is 5.97 Å². The Morgan fingerprint density at radius 2 is 1.83 bits per heavy atom. The summed E-state index contributed by atoms with van der Waals surface area (Å²) in [5, 5.41) is 9.94. The fourth-order valence-electron chi connectivity index (χ4n) is 2.05. The minimum absolute atomic E-state index is 0.0680. The minimum atomic E-state index is -0.440. The number of hydrogen-bond acceptors (Lipinski definition) is 4. The third-order valence-electron chi connectivity index (χ3n) is 3.31. The lowest BCUT2D eigenvalue weighted by atomic mass is 9.99. The average Bonchev–Trinajstić information content (AvgIpc) is 2.56. The second-order valence-corrected chi connectivity index (χ2v) is 5.21. The van der Waals surface area contributed by atoms with Crippen molar-refractivity contribution in [2.24, 2.45) is 0 Å². The summed E-state index contributed by atoms with van der Waals surface area (Å²) in [5.74, 6) is -0.755. The molecule has 0 radical (unpaired) electrons. The maximum Gasteiger partial charge on any atom is 0.333 e. The molecule has 118 valence electrons. The number of ether oxygens (including phenoxy) is 1. The summed E-state index contributed by atoms with van der Waals surface area (Å²) in [6.07, 6.45) is 0.453. The van der Waals surface area contributed by atoms with Crippen LogP contribution in [-0.4, -0.2) is 23.5 Å². The fraction of sp³-hybridized carbons (Fsp3) is 0.158. The lowest BCUT2D eigenvalue weighted by Crippen LogP contribution is -2.08. The zero-order chi connectivity index (χ0) is 16.8. The highest BCUT2D eigenvalue weighted by Crippen LogP contribution is 2.22. The second kappa shape index (κ2) is 7.40. The van der Waals surface area contributed by atoms with Crippen molar-refractivity contribution < 1.29 is 19.4 Å². The SMILES string of the molecule is C=C(C)C(=O)OCCc1ccc(O)c(C(=O)c2ccccc2)c1. The molecule has 0 bridgehead atoms. The molecular formula is C19H18O4. The molecule has 0 fully saturated rings. The third-order valence-corrected chi connectivity index (χ3v) is 3.31. The Bertz CT molecular complexity index is 732. The van der Waals surface area contributed by atoms with Crippen LogP contribution in [0.1, 0.15) is 28.4 Å². The molecule has 23 heavy (non-hydrogen) atoms. The van der Waals surface area contributed by atoms with Crippen LogP contribution in [0, 0.1) is 0 Å². The molecule has 2 aromatic carbocycles. The van der Waals surface area contributed by atoms with E-state index in [-0.39, 0.29) is 23.7 Å². The Balaban J connectivity index is 2.11. The van der Waals surface area contributed by atoms with Crippen molar-refractivity contribution in [1.82, 2.24) is 0 Å². The molecule has 0 saturated heterocycles. The Morgan fingerprint density at radius 1 is 1.13 bits per heavy atom. The van der Waals surface area contributed by atoms with E-state index in [2.05, 4.69) is 6.58 Å². The van der Waals surface area contributed by atoms with Crippen LogP contribution in [0.25, 0.3) is 0 Å². The zero-order valence-corrected chi connectivity index (χ0v) is 12.9. The van der Waals surface area contributed by atoms with E-state index in [0.717, 1.165) is 5.56 Å². The molecule has 0 atom stereocenters. The number of hydrogen-bond donors (Lipinski definition) is 1. The number of aromatic hydroxyl groups is 1. The van der Waals surface area contributed by atoms with Crippen molar-refractivity contribution in [3.63, 3.8) is 0 Å². The molecule has 0 unspecified atom stereocenters. The summed E-state index contributed by atoms with van der Waals surface area (Å²) in [6.45, 7) is 5.28. The van der Waals surface area contributed by atoms with Crippen LogP contribution in [0.4, 0.5) is 0 Å². The molecule has 0 amide bonds. The van der Waals surface area contributed by atoms with E-state index in [1.807, 2.05) is 6.07 Å². The van der Waals surface area contributed by atoms with Crippen molar-refractivity contribution in [2.75, 3.05) is 6.61 Å². The number of phenols is 1. The van der Waals surface area contributed by atoms with E-state index in [4.69, 9.17) is 4.74 Å². The van der Waals surface area contributed by atoms with Gasteiger partial charge in [-0.25, -0.2) is 4.79 Å². The zero-order valence-electron chi connectivity index (χ0n) is 12.9. The number of carbonyl (C=O) groups excluding carboxylic acids is 2. The highest BCUT2D eigenvalue weighted by Gasteiger charge is 2.14. The number of phenolic OH excluding ortho intramolecular Hbond substituents is 1. The molecule has 4 nitrogen and oxygen atoms in total. The summed E-state index contributed by atoms with van der Waals surface area (Å²) in [7, 11) is 0. The van der Waals surface area contributed by atoms with E-state index in [9.17, 15) is 14.7 Å². The normalized spacial score (nSPS) is 10.1. The molecule has 0 aliphatic rings. The van der Waals surface area contributed by atoms with Crippen LogP contribution in [-0.2, 0) is 16.0 Å². The van der Waals surface area contributed by atoms with Gasteiger partial charge in [-0.1, -0.05) is 43.0 Å². The van der Waals surface area contributed by atoms with Gasteiger partial charge in [-0.15, -0.1) is 0 Å². The number of ketones is 1. The number of esters is 1. The summed E-state index contributed by atoms with van der Waals surface area (Å²) < 4.78 is 5.04. The topological polar surface area (TPSA) is 63.6 Å². The quantitative estimate of drug-likeness (QED) is 0.505. The van der Waals surface area contributed by atoms with Crippen LogP contribution in [0.3, 0.4) is 0 Å². The van der Waals surface area contributed by atoms with E-state index >= 15 is 0 Å². The molecule has 0 aliphatic carbocycles. The Kier molecular flexibility index (Phi) is 5.31. The molecule has 0 heterocycles. The summed E-state index contributed by atoms with van der Waals surface area (Å²) >= 11 is 0. The second-order valence-electron chi connectivity index (χ2n) is 5.21. The summed E-state index contributed by atoms with van der Waals surface area (Å²) in [4.78, 5) is 23.8. The van der Waals surface area contributed by atoms with Gasteiger partial charge in [0, 0.05) is 17.6 Å². The molecule has 2 aromatic rings. The van der Waals surface area contributed by atoms with Crippen LogP contribution in [0.2, 0.25) is 0 Å². The maximum absolute atomic E-state index is 12.4. The van der Waals surface area contributed by atoms with Crippen molar-refractivity contribution >= 4 is 11.8 Å². The molecular weight excluding hydrogens is 292 g/mol. The van der Waals surface area contributed by atoms with Gasteiger partial charge in [0.25, 0.3) is 0 Å². The molecule has 2 rings (SSSR count). The average molecular weight is 310 g/mol. The molecule has 0 aromatic heterocycles. The van der Waals surface area contributed by atoms with Crippen LogP contribution >= 0.6 is 0 Å². The lowest BCUT2D eigenvalue weighted by molar-refractivity contribution is -0.138. The summed E-state index contributed by atoms with van der Waals surface area (Å²) in [6, 6.07) is 13.6. The fourth-order valence-corrected chi connectivity index (χ4v) is 2.05. The predicted octanol–water partition coefficient (Wildman–Crippen LogP) is 3.29. The van der Waals surface area contributed by atoms with E-state index in [1.165, 1.54) is 6.07 Å². The molecule has 4 heteroatoms. The molecule has 0 saturated carbocycles. The van der Waals surface area contributed by atoms with Gasteiger partial charge in [0.1, 0.15) is 5.75 Å². The number of rotatable bonds is 6. The first-order valence-electron chi connectivity index (χ1n) is 7.23. The smallest absolute Gasteiger partial charge is 0.333 e. The summed E-state index contributed by atoms with van der Waals surface area (Å²) in [5.41, 5.74) is 1.89. The van der Waals surface area contributed by atoms with Crippen LogP contribution in [0.5, 0.6) is 5.75 Å². The van der Waals surface area contributed by atoms with Gasteiger partial charge in [0.05, 0.1) is 12.2 Å². The van der Waals surface area contributed by atoms with Gasteiger partial charge < -0.3 is 9.84 Å². The van der Waals surface area contributed by atoms with Crippen LogP contribution in [0.15, 0.2) is 60.7 Å². The van der Waals surface area contributed by atoms with Crippen molar-refractivity contribution in [2.45, 2.75) is 13.3 Å². The Morgan fingerprint density at radius 3 is 2.48 bits per heavy atom. The van der Waals surface area contributed by atoms with E-state index in [0.29, 0.717) is 17.6 Å². The lowest BCUT2D eigenvalue weighted by Gasteiger charge is -2.08. The maximum atomic E-state index is 12.4. The molecule has 1 N–H and O–H groups in total. The van der Waals surface area contributed by atoms with Crippen LogP contribution < -0.4 is 0 Å². The third kappa shape index (κ3) is 4.30. The Labute approximate surface area is 135 Å². The van der Waals surface area contributed by atoms with Crippen molar-refractivity contribution in [1.29, 1.82) is 0 Å². The molecule has 0 spiro atoms. The monoisotopic (exact) mass is 310 g/mol. The van der Waals surface area contributed by atoms with Gasteiger partial charge in [0.2, 0.25) is 0 Å². The largest absolute Gasteiger partial charge is 0.507 e. The van der Waals surface area contributed by atoms with Crippen molar-refractivity contribution in [3.8, 4) is 5.75 Å². The van der Waals surface area contributed by atoms with Crippen molar-refractivity contribution in [3.05, 3.63) is 77.4 Å². The highest BCUT2D eigenvalue weighted by molar-refractivity contribution is 6.10. The van der Waals surface area contributed by atoms with Gasteiger partial charge in [-0.2, -0.15) is 0 Å². The van der Waals surface area contributed by atoms with Gasteiger partial charge in [0.15, 0.2) is 5.78 Å². The Hall–Kier alpha value is -2.88. The first kappa shape index (κ1) is 16.5. The van der Waals surface area contributed by atoms with E-state index in [1.54, 1.807) is 43.3 Å². The first-order valence-corrected chi connectivity index (χ1v) is 7.23. The number of benzene rings is 2. The minimum Gasteiger partial charge on any atom is -0.507 e. The van der Waals surface area contributed by atoms with Gasteiger partial charge in [-0.05, 0) is 24.6 Å². The van der Waals surface area contributed by atoms with Gasteiger partial charge >= 0.3 is 5.97 Å². The first-order chi connectivity index (χ1) is 11.0. The van der Waals surface area contributed by atoms with Gasteiger partial charge in [-0.3, -0.25) is 4.79 Å². The predicted molar refractivity (Wildman–Crippen MR) is 87.5 cm³/mol. The highest BCUT2D eigenvalue weighted by atomic mass is 16.5.